The summed E-state index contributed by atoms with van der Waals surface area (Å²) in [5.41, 5.74) is 2.19. The smallest absolute Gasteiger partial charge is 0.245 e. The number of carbonyl (C=O) groups excluding carboxylic acids is 1. The molecule has 0 aliphatic heterocycles. The van der Waals surface area contributed by atoms with Crippen molar-refractivity contribution in [1.29, 1.82) is 0 Å². The summed E-state index contributed by atoms with van der Waals surface area (Å²) < 4.78 is 27.0. The van der Waals surface area contributed by atoms with Gasteiger partial charge in [-0.25, -0.2) is 19.2 Å². The minimum atomic E-state index is -3.93. The molecule has 0 saturated heterocycles. The first-order valence-corrected chi connectivity index (χ1v) is 7.45. The van der Waals surface area contributed by atoms with Gasteiger partial charge in [-0.1, -0.05) is 0 Å². The molecular formula is C9H14BrN5O3S. The van der Waals surface area contributed by atoms with Gasteiger partial charge in [0.05, 0.1) is 6.04 Å². The number of amides is 1. The van der Waals surface area contributed by atoms with Crippen molar-refractivity contribution in [3.8, 4) is 0 Å². The van der Waals surface area contributed by atoms with Crippen LogP contribution in [0.4, 0.5) is 5.82 Å². The highest BCUT2D eigenvalue weighted by molar-refractivity contribution is 9.10. The summed E-state index contributed by atoms with van der Waals surface area (Å²) in [7, 11) is -2.51. The normalized spacial score (nSPS) is 12.8. The van der Waals surface area contributed by atoms with Crippen molar-refractivity contribution < 1.29 is 13.2 Å². The van der Waals surface area contributed by atoms with Crippen LogP contribution in [-0.4, -0.2) is 32.4 Å². The number of nitrogens with zero attached hydrogens (tertiary/aromatic N) is 1. The molecule has 1 aromatic rings. The lowest BCUT2D eigenvalue weighted by molar-refractivity contribution is -0.121. The Bertz CT molecular complexity index is 577. The van der Waals surface area contributed by atoms with E-state index in [1.165, 1.54) is 26.2 Å². The maximum atomic E-state index is 12.1. The van der Waals surface area contributed by atoms with Gasteiger partial charge in [0.15, 0.2) is 5.82 Å². The molecule has 0 aliphatic carbocycles. The van der Waals surface area contributed by atoms with Crippen LogP contribution < -0.4 is 21.3 Å². The van der Waals surface area contributed by atoms with Crippen molar-refractivity contribution in [2.45, 2.75) is 17.9 Å². The maximum absolute atomic E-state index is 12.1. The minimum absolute atomic E-state index is 0.0141. The SMILES string of the molecule is CNC(=O)C(C)NS(=O)(=O)c1cc(Br)cnc1NN. The zero-order chi connectivity index (χ0) is 14.6. The third-order valence-corrected chi connectivity index (χ3v) is 4.20. The predicted molar refractivity (Wildman–Crippen MR) is 73.6 cm³/mol. The van der Waals surface area contributed by atoms with Gasteiger partial charge in [-0.3, -0.25) is 4.79 Å². The minimum Gasteiger partial charge on any atom is -0.358 e. The Hall–Kier alpha value is -1.23. The standard InChI is InChI=1S/C9H14BrN5O3S/c1-5(9(16)12-2)15-19(17,18)7-3-6(10)4-13-8(7)14-11/h3-5,15H,11H2,1-2H3,(H,12,16)(H,13,14). The Morgan fingerprint density at radius 3 is 2.68 bits per heavy atom. The zero-order valence-corrected chi connectivity index (χ0v) is 12.7. The van der Waals surface area contributed by atoms with Gasteiger partial charge in [0.25, 0.3) is 0 Å². The average molecular weight is 352 g/mol. The summed E-state index contributed by atoms with van der Waals surface area (Å²) in [6.45, 7) is 1.43. The molecule has 1 aromatic heterocycles. The van der Waals surface area contributed by atoms with Gasteiger partial charge >= 0.3 is 0 Å². The molecule has 106 valence electrons. The fourth-order valence-electron chi connectivity index (χ4n) is 1.30. The van der Waals surface area contributed by atoms with Gasteiger partial charge < -0.3 is 10.7 Å². The molecular weight excluding hydrogens is 338 g/mol. The fraction of sp³-hybridized carbons (Fsp3) is 0.333. The average Bonchev–Trinajstić information content (AvgIpc) is 2.37. The lowest BCUT2D eigenvalue weighted by atomic mass is 10.3. The van der Waals surface area contributed by atoms with Gasteiger partial charge in [-0.15, -0.1) is 0 Å². The van der Waals surface area contributed by atoms with Crippen LogP contribution in [0, 0.1) is 0 Å². The highest BCUT2D eigenvalue weighted by Gasteiger charge is 2.24. The first kappa shape index (κ1) is 15.8. The van der Waals surface area contributed by atoms with Gasteiger partial charge in [-0.05, 0) is 28.9 Å². The zero-order valence-electron chi connectivity index (χ0n) is 10.3. The number of anilines is 1. The van der Waals surface area contributed by atoms with E-state index in [2.05, 4.69) is 36.4 Å². The summed E-state index contributed by atoms with van der Waals surface area (Å²) in [6.07, 6.45) is 1.40. The lowest BCUT2D eigenvalue weighted by Crippen LogP contribution is -2.43. The van der Waals surface area contributed by atoms with E-state index in [4.69, 9.17) is 5.84 Å². The Kier molecular flexibility index (Phi) is 5.23. The molecule has 1 atom stereocenters. The third-order valence-electron chi connectivity index (χ3n) is 2.22. The maximum Gasteiger partial charge on any atom is 0.245 e. The molecule has 0 aliphatic rings. The van der Waals surface area contributed by atoms with E-state index in [-0.39, 0.29) is 10.7 Å². The number of hydrogen-bond acceptors (Lipinski definition) is 6. The molecule has 10 heteroatoms. The third kappa shape index (κ3) is 3.86. The molecule has 5 N–H and O–H groups in total. The van der Waals surface area contributed by atoms with E-state index in [0.29, 0.717) is 4.47 Å². The van der Waals surface area contributed by atoms with E-state index < -0.39 is 22.0 Å². The molecule has 0 bridgehead atoms. The molecule has 0 saturated carbocycles. The molecule has 0 radical (unpaired) electrons. The van der Waals surface area contributed by atoms with Crippen molar-refractivity contribution in [3.05, 3.63) is 16.7 Å². The summed E-state index contributed by atoms with van der Waals surface area (Å²) in [6, 6.07) is 0.417. The van der Waals surface area contributed by atoms with Crippen molar-refractivity contribution >= 4 is 37.7 Å². The van der Waals surface area contributed by atoms with E-state index in [0.717, 1.165) is 0 Å². The highest BCUT2D eigenvalue weighted by Crippen LogP contribution is 2.22. The Morgan fingerprint density at radius 2 is 2.16 bits per heavy atom. The lowest BCUT2D eigenvalue weighted by Gasteiger charge is -2.14. The van der Waals surface area contributed by atoms with E-state index in [9.17, 15) is 13.2 Å². The second kappa shape index (κ2) is 6.28. The summed E-state index contributed by atoms with van der Waals surface area (Å²) in [5.74, 6) is 4.75. The van der Waals surface area contributed by atoms with Crippen LogP contribution in [0.1, 0.15) is 6.92 Å². The molecule has 8 nitrogen and oxygen atoms in total. The topological polar surface area (TPSA) is 126 Å². The van der Waals surface area contributed by atoms with Crippen LogP contribution >= 0.6 is 15.9 Å². The number of carbonyl (C=O) groups is 1. The van der Waals surface area contributed by atoms with E-state index in [1.54, 1.807) is 0 Å². The van der Waals surface area contributed by atoms with Crippen LogP contribution in [0.25, 0.3) is 0 Å². The Balaban J connectivity index is 3.13. The Morgan fingerprint density at radius 1 is 1.53 bits per heavy atom. The number of sulfonamides is 1. The van der Waals surface area contributed by atoms with Gasteiger partial charge in [0.2, 0.25) is 15.9 Å². The number of nitrogen functional groups attached to an aromatic ring is 1. The second-order valence-electron chi connectivity index (χ2n) is 3.60. The molecule has 1 rings (SSSR count). The molecule has 19 heavy (non-hydrogen) atoms. The number of rotatable bonds is 5. The van der Waals surface area contributed by atoms with Crippen LogP contribution in [0.15, 0.2) is 21.6 Å². The highest BCUT2D eigenvalue weighted by atomic mass is 79.9. The van der Waals surface area contributed by atoms with Crippen LogP contribution in [0.5, 0.6) is 0 Å². The van der Waals surface area contributed by atoms with Crippen LogP contribution in [-0.2, 0) is 14.8 Å². The molecule has 0 spiro atoms. The van der Waals surface area contributed by atoms with E-state index >= 15 is 0 Å². The number of hydrazine groups is 1. The van der Waals surface area contributed by atoms with Crippen molar-refractivity contribution in [2.75, 3.05) is 12.5 Å². The molecule has 0 fully saturated rings. The number of hydrogen-bond donors (Lipinski definition) is 4. The summed E-state index contributed by atoms with van der Waals surface area (Å²) in [5, 5.41) is 2.35. The van der Waals surface area contributed by atoms with Gasteiger partial charge in [0, 0.05) is 17.7 Å². The quantitative estimate of drug-likeness (QED) is 0.420. The predicted octanol–water partition coefficient (Wildman–Crippen LogP) is -0.457. The molecule has 1 unspecified atom stereocenters. The first-order valence-electron chi connectivity index (χ1n) is 5.18. The monoisotopic (exact) mass is 351 g/mol. The van der Waals surface area contributed by atoms with Crippen molar-refractivity contribution in [2.24, 2.45) is 5.84 Å². The van der Waals surface area contributed by atoms with Crippen LogP contribution in [0.2, 0.25) is 0 Å². The fourth-order valence-corrected chi connectivity index (χ4v) is 3.13. The van der Waals surface area contributed by atoms with Gasteiger partial charge in [0.1, 0.15) is 4.90 Å². The Labute approximate surface area is 119 Å². The molecule has 1 amide bonds. The largest absolute Gasteiger partial charge is 0.358 e. The number of nitrogens with one attached hydrogen (secondary N) is 3. The summed E-state index contributed by atoms with van der Waals surface area (Å²) in [4.78, 5) is 15.0. The van der Waals surface area contributed by atoms with E-state index in [1.807, 2.05) is 0 Å². The summed E-state index contributed by atoms with van der Waals surface area (Å²) >= 11 is 3.12. The van der Waals surface area contributed by atoms with Crippen molar-refractivity contribution in [3.63, 3.8) is 0 Å². The first-order chi connectivity index (χ1) is 8.81. The number of aromatic nitrogens is 1. The van der Waals surface area contributed by atoms with Gasteiger partial charge in [-0.2, -0.15) is 4.72 Å². The van der Waals surface area contributed by atoms with Crippen LogP contribution in [0.3, 0.4) is 0 Å². The molecule has 0 aromatic carbocycles. The number of halogens is 1. The second-order valence-corrected chi connectivity index (χ2v) is 6.20. The number of nitrogens with two attached hydrogens (primary N) is 1. The molecule has 1 heterocycles. The number of likely N-dealkylation sites (N-methyl/N-ethyl adjacent to an activating group) is 1. The number of pyridine rings is 1. The van der Waals surface area contributed by atoms with Crippen molar-refractivity contribution in [1.82, 2.24) is 15.0 Å².